The van der Waals surface area contributed by atoms with Crippen LogP contribution in [0.5, 0.6) is 0 Å². The predicted molar refractivity (Wildman–Crippen MR) is 61.7 cm³/mol. The molecule has 100 valence electrons. The Bertz CT molecular complexity index is 506. The van der Waals surface area contributed by atoms with Crippen molar-refractivity contribution in [1.82, 2.24) is 4.72 Å². The standard InChI is InChI=1S/C7H15N3O5S2/c1-16(12,13)4-17(14,15)10-6(5-2-3-5)7(8)9-11/h5-6,10-11H,2-4H2,1H3,(H2,8,9). The molecule has 1 saturated carbocycles. The van der Waals surface area contributed by atoms with Crippen molar-refractivity contribution in [3.05, 3.63) is 0 Å². The first-order valence-electron chi connectivity index (χ1n) is 4.80. The normalized spacial score (nSPS) is 20.2. The van der Waals surface area contributed by atoms with Crippen LogP contribution in [0.2, 0.25) is 0 Å². The van der Waals surface area contributed by atoms with Crippen molar-refractivity contribution in [3.8, 4) is 0 Å². The van der Waals surface area contributed by atoms with E-state index in [1.807, 2.05) is 0 Å². The summed E-state index contributed by atoms with van der Waals surface area (Å²) < 4.78 is 47.0. The van der Waals surface area contributed by atoms with Crippen molar-refractivity contribution in [2.24, 2.45) is 16.8 Å². The Morgan fingerprint density at radius 2 is 2.00 bits per heavy atom. The van der Waals surface area contributed by atoms with Crippen molar-refractivity contribution in [1.29, 1.82) is 0 Å². The molecule has 1 aliphatic rings. The van der Waals surface area contributed by atoms with Crippen molar-refractivity contribution >= 4 is 25.7 Å². The highest BCUT2D eigenvalue weighted by molar-refractivity contribution is 8.06. The van der Waals surface area contributed by atoms with Crippen LogP contribution in [0.1, 0.15) is 12.8 Å². The third-order valence-corrected chi connectivity index (χ3v) is 5.77. The van der Waals surface area contributed by atoms with E-state index >= 15 is 0 Å². The zero-order chi connectivity index (χ0) is 13.3. The lowest BCUT2D eigenvalue weighted by atomic mass is 10.2. The second-order valence-corrected chi connectivity index (χ2v) is 8.38. The van der Waals surface area contributed by atoms with Crippen LogP contribution in [0.4, 0.5) is 0 Å². The number of sulfone groups is 1. The van der Waals surface area contributed by atoms with Crippen LogP contribution in [0.3, 0.4) is 0 Å². The molecule has 1 rings (SSSR count). The molecular weight excluding hydrogens is 270 g/mol. The van der Waals surface area contributed by atoms with E-state index in [0.29, 0.717) is 0 Å². The van der Waals surface area contributed by atoms with Crippen LogP contribution in [-0.4, -0.2) is 45.3 Å². The van der Waals surface area contributed by atoms with E-state index in [0.717, 1.165) is 19.1 Å². The Morgan fingerprint density at radius 3 is 2.35 bits per heavy atom. The Morgan fingerprint density at radius 1 is 1.47 bits per heavy atom. The minimum absolute atomic E-state index is 0.0414. The molecule has 0 radical (unpaired) electrons. The van der Waals surface area contributed by atoms with Crippen molar-refractivity contribution < 1.29 is 22.0 Å². The fourth-order valence-corrected chi connectivity index (χ4v) is 4.63. The van der Waals surface area contributed by atoms with Crippen LogP contribution in [0, 0.1) is 5.92 Å². The number of hydrogen-bond acceptors (Lipinski definition) is 6. The van der Waals surface area contributed by atoms with Gasteiger partial charge in [-0.2, -0.15) is 0 Å². The van der Waals surface area contributed by atoms with Gasteiger partial charge in [0.15, 0.2) is 20.8 Å². The van der Waals surface area contributed by atoms with Crippen LogP contribution in [0.15, 0.2) is 5.16 Å². The van der Waals surface area contributed by atoms with Crippen LogP contribution < -0.4 is 10.5 Å². The third kappa shape index (κ3) is 4.88. The molecular formula is C7H15N3O5S2. The Kier molecular flexibility index (Phi) is 3.99. The summed E-state index contributed by atoms with van der Waals surface area (Å²) >= 11 is 0. The molecule has 0 aromatic rings. The van der Waals surface area contributed by atoms with Gasteiger partial charge in [0.1, 0.15) is 0 Å². The summed E-state index contributed by atoms with van der Waals surface area (Å²) in [6, 6.07) is -0.841. The highest BCUT2D eigenvalue weighted by Crippen LogP contribution is 2.33. The summed E-state index contributed by atoms with van der Waals surface area (Å²) in [6.45, 7) is 0. The average molecular weight is 285 g/mol. The summed E-state index contributed by atoms with van der Waals surface area (Å²) in [6.07, 6.45) is 2.33. The highest BCUT2D eigenvalue weighted by atomic mass is 32.3. The first-order chi connectivity index (χ1) is 7.64. The lowest BCUT2D eigenvalue weighted by Crippen LogP contribution is -2.47. The molecule has 0 amide bonds. The number of nitrogens with one attached hydrogen (secondary N) is 1. The van der Waals surface area contributed by atoms with Gasteiger partial charge in [-0.15, -0.1) is 0 Å². The minimum atomic E-state index is -4.01. The number of rotatable bonds is 6. The van der Waals surface area contributed by atoms with Gasteiger partial charge in [-0.05, 0) is 18.8 Å². The quantitative estimate of drug-likeness (QED) is 0.233. The number of hydrogen-bond donors (Lipinski definition) is 3. The van der Waals surface area contributed by atoms with Gasteiger partial charge in [0.25, 0.3) is 0 Å². The van der Waals surface area contributed by atoms with Gasteiger partial charge in [-0.25, -0.2) is 21.6 Å². The zero-order valence-electron chi connectivity index (χ0n) is 9.20. The van der Waals surface area contributed by atoms with E-state index in [9.17, 15) is 16.8 Å². The average Bonchev–Trinajstić information content (AvgIpc) is 2.92. The number of oxime groups is 1. The van der Waals surface area contributed by atoms with E-state index in [-0.39, 0.29) is 11.8 Å². The third-order valence-electron chi connectivity index (χ3n) is 2.20. The fraction of sp³-hybridized carbons (Fsp3) is 0.857. The minimum Gasteiger partial charge on any atom is -0.409 e. The number of nitrogens with two attached hydrogens (primary N) is 1. The maximum absolute atomic E-state index is 11.5. The molecule has 1 atom stereocenters. The van der Waals surface area contributed by atoms with E-state index < -0.39 is 31.0 Å². The lowest BCUT2D eigenvalue weighted by Gasteiger charge is -2.16. The number of sulfonamides is 1. The summed E-state index contributed by atoms with van der Waals surface area (Å²) in [5, 5.41) is 10.3. The Balaban J connectivity index is 2.80. The largest absolute Gasteiger partial charge is 0.409 e. The van der Waals surface area contributed by atoms with Crippen LogP contribution in [-0.2, 0) is 19.9 Å². The molecule has 0 aromatic carbocycles. The summed E-state index contributed by atoms with van der Waals surface area (Å²) in [4.78, 5) is 0. The molecule has 1 unspecified atom stereocenters. The van der Waals surface area contributed by atoms with Crippen molar-refractivity contribution in [2.45, 2.75) is 18.9 Å². The molecule has 0 heterocycles. The van der Waals surface area contributed by atoms with Gasteiger partial charge in [0.2, 0.25) is 10.0 Å². The van der Waals surface area contributed by atoms with Gasteiger partial charge >= 0.3 is 0 Å². The maximum atomic E-state index is 11.5. The Labute approximate surface area is 99.8 Å². The first-order valence-corrected chi connectivity index (χ1v) is 8.51. The van der Waals surface area contributed by atoms with E-state index in [2.05, 4.69) is 9.88 Å². The van der Waals surface area contributed by atoms with Crippen molar-refractivity contribution in [2.75, 3.05) is 11.3 Å². The molecule has 0 saturated heterocycles. The molecule has 0 spiro atoms. The molecule has 10 heteroatoms. The second kappa shape index (κ2) is 4.78. The van der Waals surface area contributed by atoms with Crippen molar-refractivity contribution in [3.63, 3.8) is 0 Å². The maximum Gasteiger partial charge on any atom is 0.226 e. The predicted octanol–water partition coefficient (Wildman–Crippen LogP) is -1.57. The molecule has 0 aromatic heterocycles. The van der Waals surface area contributed by atoms with Gasteiger partial charge in [-0.1, -0.05) is 5.16 Å². The molecule has 4 N–H and O–H groups in total. The topological polar surface area (TPSA) is 139 Å². The zero-order valence-corrected chi connectivity index (χ0v) is 10.8. The lowest BCUT2D eigenvalue weighted by molar-refractivity contribution is 0.314. The first kappa shape index (κ1) is 14.2. The van der Waals surface area contributed by atoms with E-state index in [1.54, 1.807) is 0 Å². The van der Waals surface area contributed by atoms with Gasteiger partial charge in [-0.3, -0.25) is 0 Å². The van der Waals surface area contributed by atoms with Gasteiger partial charge in [0.05, 0.1) is 6.04 Å². The summed E-state index contributed by atoms with van der Waals surface area (Å²) in [7, 11) is -7.67. The SMILES string of the molecule is CS(=O)(=O)CS(=O)(=O)NC(C(N)=NO)C1CC1. The second-order valence-electron chi connectivity index (χ2n) is 4.12. The van der Waals surface area contributed by atoms with Crippen LogP contribution >= 0.6 is 0 Å². The van der Waals surface area contributed by atoms with Crippen LogP contribution in [0.25, 0.3) is 0 Å². The number of nitrogens with zero attached hydrogens (tertiary/aromatic N) is 1. The molecule has 0 aliphatic heterocycles. The Hall–Kier alpha value is -0.870. The molecule has 0 bridgehead atoms. The molecule has 17 heavy (non-hydrogen) atoms. The fourth-order valence-electron chi connectivity index (χ4n) is 1.40. The molecule has 1 aliphatic carbocycles. The number of amidine groups is 1. The molecule has 1 fully saturated rings. The van der Waals surface area contributed by atoms with Gasteiger partial charge < -0.3 is 10.9 Å². The summed E-state index contributed by atoms with van der Waals surface area (Å²) in [5.41, 5.74) is 5.35. The highest BCUT2D eigenvalue weighted by Gasteiger charge is 2.37. The van der Waals surface area contributed by atoms with Gasteiger partial charge in [0, 0.05) is 6.26 Å². The molecule has 8 nitrogen and oxygen atoms in total. The monoisotopic (exact) mass is 285 g/mol. The summed E-state index contributed by atoms with van der Waals surface area (Å²) in [5.74, 6) is -0.301. The smallest absolute Gasteiger partial charge is 0.226 e. The van der Waals surface area contributed by atoms with E-state index in [4.69, 9.17) is 10.9 Å². The van der Waals surface area contributed by atoms with E-state index in [1.165, 1.54) is 0 Å².